The van der Waals surface area contributed by atoms with Crippen molar-refractivity contribution < 1.29 is 19.4 Å². The van der Waals surface area contributed by atoms with Crippen molar-refractivity contribution in [1.29, 1.82) is 0 Å². The average Bonchev–Trinajstić information content (AvgIpc) is 2.89. The maximum absolute atomic E-state index is 11.8. The number of carbonyl (C=O) groups is 2. The van der Waals surface area contributed by atoms with Gasteiger partial charge in [-0.1, -0.05) is 13.8 Å². The molecule has 1 rings (SSSR count). The van der Waals surface area contributed by atoms with E-state index in [1.54, 1.807) is 0 Å². The van der Waals surface area contributed by atoms with Gasteiger partial charge in [0.15, 0.2) is 0 Å². The van der Waals surface area contributed by atoms with E-state index in [2.05, 4.69) is 5.32 Å². The van der Waals surface area contributed by atoms with Gasteiger partial charge in [0.25, 0.3) is 0 Å². The maximum Gasteiger partial charge on any atom is 0.310 e. The lowest BCUT2D eigenvalue weighted by molar-refractivity contribution is -0.152. The average molecular weight is 271 g/mol. The summed E-state index contributed by atoms with van der Waals surface area (Å²) >= 11 is 0. The van der Waals surface area contributed by atoms with Crippen molar-refractivity contribution >= 4 is 11.9 Å². The van der Waals surface area contributed by atoms with Gasteiger partial charge in [0.2, 0.25) is 5.91 Å². The predicted molar refractivity (Wildman–Crippen MR) is 71.8 cm³/mol. The third kappa shape index (κ3) is 4.49. The van der Waals surface area contributed by atoms with Gasteiger partial charge in [-0.25, -0.2) is 0 Å². The number of carboxylic acids is 1. The van der Waals surface area contributed by atoms with Gasteiger partial charge in [0, 0.05) is 26.2 Å². The summed E-state index contributed by atoms with van der Waals surface area (Å²) in [5.74, 6) is -0.510. The first-order chi connectivity index (χ1) is 9.04. The van der Waals surface area contributed by atoms with Crippen molar-refractivity contribution in [3.63, 3.8) is 0 Å². The van der Waals surface area contributed by atoms with E-state index in [1.165, 1.54) is 0 Å². The van der Waals surface area contributed by atoms with Gasteiger partial charge in [-0.3, -0.25) is 9.59 Å². The Morgan fingerprint density at radius 1 is 1.37 bits per heavy atom. The fourth-order valence-corrected chi connectivity index (χ4v) is 2.47. The summed E-state index contributed by atoms with van der Waals surface area (Å²) in [4.78, 5) is 23.2. The molecule has 0 radical (unpaired) electrons. The first-order valence-electron chi connectivity index (χ1n) is 7.12. The third-order valence-electron chi connectivity index (χ3n) is 4.20. The van der Waals surface area contributed by atoms with Crippen LogP contribution in [0.2, 0.25) is 0 Å². The molecule has 1 amide bonds. The van der Waals surface area contributed by atoms with Gasteiger partial charge in [0.1, 0.15) is 0 Å². The zero-order chi connectivity index (χ0) is 14.3. The molecule has 0 aromatic carbocycles. The molecule has 0 aliphatic carbocycles. The van der Waals surface area contributed by atoms with E-state index in [9.17, 15) is 14.7 Å². The van der Waals surface area contributed by atoms with Crippen LogP contribution >= 0.6 is 0 Å². The maximum atomic E-state index is 11.8. The van der Waals surface area contributed by atoms with E-state index >= 15 is 0 Å². The Morgan fingerprint density at radius 3 is 2.53 bits per heavy atom. The standard InChI is InChI=1S/C14H25NO4/c1-3-14(4-2,13(17)18)9-12(16)15-7-5-11-6-8-19-10-11/h11H,3-10H2,1-2H3,(H,15,16)(H,17,18). The summed E-state index contributed by atoms with van der Waals surface area (Å²) in [6, 6.07) is 0. The molecule has 110 valence electrons. The second-order valence-corrected chi connectivity index (χ2v) is 5.34. The van der Waals surface area contributed by atoms with Crippen LogP contribution in [0.5, 0.6) is 0 Å². The number of amides is 1. The molecule has 0 aromatic heterocycles. The molecule has 1 aliphatic rings. The van der Waals surface area contributed by atoms with Gasteiger partial charge in [-0.05, 0) is 31.6 Å². The van der Waals surface area contributed by atoms with Crippen molar-refractivity contribution in [3.05, 3.63) is 0 Å². The summed E-state index contributed by atoms with van der Waals surface area (Å²) in [6.45, 7) is 5.84. The minimum atomic E-state index is -0.916. The van der Waals surface area contributed by atoms with E-state index in [4.69, 9.17) is 4.74 Å². The fraction of sp³-hybridized carbons (Fsp3) is 0.857. The van der Waals surface area contributed by atoms with Crippen LogP contribution in [0.25, 0.3) is 0 Å². The molecular formula is C14H25NO4. The molecule has 0 bridgehead atoms. The van der Waals surface area contributed by atoms with E-state index < -0.39 is 11.4 Å². The largest absolute Gasteiger partial charge is 0.481 e. The Balaban J connectivity index is 2.33. The van der Waals surface area contributed by atoms with E-state index in [1.807, 2.05) is 13.8 Å². The summed E-state index contributed by atoms with van der Waals surface area (Å²) in [6.07, 6.45) is 2.98. The number of rotatable bonds is 8. The topological polar surface area (TPSA) is 75.6 Å². The van der Waals surface area contributed by atoms with Crippen LogP contribution in [0, 0.1) is 11.3 Å². The predicted octanol–water partition coefficient (Wildman–Crippen LogP) is 1.81. The molecule has 2 N–H and O–H groups in total. The Kier molecular flexibility index (Phi) is 6.28. The number of aliphatic carboxylic acids is 1. The van der Waals surface area contributed by atoms with Crippen molar-refractivity contribution in [3.8, 4) is 0 Å². The van der Waals surface area contributed by atoms with Gasteiger partial charge in [-0.15, -0.1) is 0 Å². The number of nitrogens with one attached hydrogen (secondary N) is 1. The van der Waals surface area contributed by atoms with E-state index in [0.29, 0.717) is 25.3 Å². The molecule has 1 heterocycles. The highest BCUT2D eigenvalue weighted by atomic mass is 16.5. The number of ether oxygens (including phenoxy) is 1. The zero-order valence-electron chi connectivity index (χ0n) is 11.9. The van der Waals surface area contributed by atoms with Crippen molar-refractivity contribution in [2.24, 2.45) is 11.3 Å². The number of hydrogen-bond acceptors (Lipinski definition) is 3. The van der Waals surface area contributed by atoms with Crippen LogP contribution < -0.4 is 5.32 Å². The molecule has 1 unspecified atom stereocenters. The zero-order valence-corrected chi connectivity index (χ0v) is 11.9. The van der Waals surface area contributed by atoms with Crippen LogP contribution in [0.15, 0.2) is 0 Å². The second-order valence-electron chi connectivity index (χ2n) is 5.34. The SMILES string of the molecule is CCC(CC)(CC(=O)NCCC1CCOC1)C(=O)O. The minimum Gasteiger partial charge on any atom is -0.481 e. The normalized spacial score (nSPS) is 19.4. The lowest BCUT2D eigenvalue weighted by Crippen LogP contribution is -2.37. The van der Waals surface area contributed by atoms with E-state index in [0.717, 1.165) is 26.1 Å². The van der Waals surface area contributed by atoms with Crippen LogP contribution in [0.4, 0.5) is 0 Å². The Bertz CT molecular complexity index is 307. The highest BCUT2D eigenvalue weighted by Crippen LogP contribution is 2.30. The Labute approximate surface area is 114 Å². The molecule has 0 saturated carbocycles. The number of hydrogen-bond donors (Lipinski definition) is 2. The van der Waals surface area contributed by atoms with Crippen molar-refractivity contribution in [1.82, 2.24) is 5.32 Å². The van der Waals surface area contributed by atoms with E-state index in [-0.39, 0.29) is 12.3 Å². The molecule has 19 heavy (non-hydrogen) atoms. The van der Waals surface area contributed by atoms with Gasteiger partial charge < -0.3 is 15.2 Å². The molecule has 1 fully saturated rings. The highest BCUT2D eigenvalue weighted by molar-refractivity contribution is 5.84. The molecule has 1 aliphatic heterocycles. The third-order valence-corrected chi connectivity index (χ3v) is 4.20. The smallest absolute Gasteiger partial charge is 0.310 e. The molecule has 5 heteroatoms. The molecule has 0 spiro atoms. The summed E-state index contributed by atoms with van der Waals surface area (Å²) in [5, 5.41) is 12.1. The number of carbonyl (C=O) groups excluding carboxylic acids is 1. The Hall–Kier alpha value is -1.10. The molecular weight excluding hydrogens is 246 g/mol. The second kappa shape index (κ2) is 7.48. The first-order valence-corrected chi connectivity index (χ1v) is 7.12. The summed E-state index contributed by atoms with van der Waals surface area (Å²) in [7, 11) is 0. The Morgan fingerprint density at radius 2 is 2.05 bits per heavy atom. The van der Waals surface area contributed by atoms with Gasteiger partial charge in [-0.2, -0.15) is 0 Å². The molecule has 1 saturated heterocycles. The van der Waals surface area contributed by atoms with Crippen LogP contribution in [-0.4, -0.2) is 36.7 Å². The molecule has 5 nitrogen and oxygen atoms in total. The van der Waals surface area contributed by atoms with Crippen molar-refractivity contribution in [2.45, 2.75) is 46.0 Å². The fourth-order valence-electron chi connectivity index (χ4n) is 2.47. The van der Waals surface area contributed by atoms with Gasteiger partial charge in [0.05, 0.1) is 5.41 Å². The van der Waals surface area contributed by atoms with Crippen LogP contribution in [-0.2, 0) is 14.3 Å². The molecule has 0 aromatic rings. The monoisotopic (exact) mass is 271 g/mol. The van der Waals surface area contributed by atoms with Crippen LogP contribution in [0.1, 0.15) is 46.0 Å². The quantitative estimate of drug-likeness (QED) is 0.706. The lowest BCUT2D eigenvalue weighted by Gasteiger charge is -2.25. The number of carboxylic acid groups (broad SMARTS) is 1. The summed E-state index contributed by atoms with van der Waals surface area (Å²) < 4.78 is 5.27. The van der Waals surface area contributed by atoms with Gasteiger partial charge >= 0.3 is 5.97 Å². The van der Waals surface area contributed by atoms with Crippen molar-refractivity contribution in [2.75, 3.05) is 19.8 Å². The highest BCUT2D eigenvalue weighted by Gasteiger charge is 2.37. The lowest BCUT2D eigenvalue weighted by atomic mass is 9.79. The minimum absolute atomic E-state index is 0.0660. The first kappa shape index (κ1) is 16.0. The van der Waals surface area contributed by atoms with Crippen LogP contribution in [0.3, 0.4) is 0 Å². The molecule has 1 atom stereocenters. The summed E-state index contributed by atoms with van der Waals surface area (Å²) in [5.41, 5.74) is -0.916.